The second kappa shape index (κ2) is 17.5. The third-order valence-electron chi connectivity index (χ3n) is 10.5. The number of anilines is 5. The minimum atomic E-state index is -0.706. The van der Waals surface area contributed by atoms with Gasteiger partial charge in [0.2, 0.25) is 0 Å². The van der Waals surface area contributed by atoms with Gasteiger partial charge in [0.1, 0.15) is 13.2 Å². The van der Waals surface area contributed by atoms with Gasteiger partial charge in [0, 0.05) is 34.1 Å². The van der Waals surface area contributed by atoms with Crippen molar-refractivity contribution < 1.29 is 28.5 Å². The van der Waals surface area contributed by atoms with Gasteiger partial charge in [-0.15, -0.1) is 0 Å². The normalized spacial score (nSPS) is 14.8. The van der Waals surface area contributed by atoms with Gasteiger partial charge in [-0.3, -0.25) is 0 Å². The summed E-state index contributed by atoms with van der Waals surface area (Å²) in [6.07, 6.45) is 5.40. The zero-order valence-electron chi connectivity index (χ0n) is 33.5. The molecule has 0 fully saturated rings. The lowest BCUT2D eigenvalue weighted by atomic mass is 9.90. The van der Waals surface area contributed by atoms with Crippen molar-refractivity contribution in [3.8, 4) is 11.1 Å². The molecule has 0 aromatic heterocycles. The van der Waals surface area contributed by atoms with Crippen molar-refractivity contribution in [2.45, 2.75) is 54.8 Å². The number of allylic oxidation sites excluding steroid dienone is 3. The van der Waals surface area contributed by atoms with Crippen molar-refractivity contribution in [2.24, 2.45) is 11.8 Å². The van der Waals surface area contributed by atoms with E-state index in [1.165, 1.54) is 25.3 Å². The van der Waals surface area contributed by atoms with Gasteiger partial charge in [-0.05, 0) is 151 Å². The molecule has 8 heteroatoms. The SMILES string of the molecule is COC(=O)OCc1ccc(N(C2=CC(C)C(C)C=C2)c2ccc(-c3ccc(N(c4ccc(COC(=O)OC)cc4)c4ccc(C)c(C)c4)c(C)c3)cc2C)cc1. The molecule has 0 bridgehead atoms. The number of hydrogen-bond donors (Lipinski definition) is 0. The Morgan fingerprint density at radius 2 is 1.02 bits per heavy atom. The zero-order chi connectivity index (χ0) is 39.9. The topological polar surface area (TPSA) is 77.5 Å². The number of methoxy groups -OCH3 is 2. The first kappa shape index (κ1) is 39.4. The molecule has 5 aromatic carbocycles. The highest BCUT2D eigenvalue weighted by Gasteiger charge is 2.22. The second-order valence-electron chi connectivity index (χ2n) is 14.4. The fraction of sp³-hybridized carbons (Fsp3) is 0.250. The molecule has 5 aromatic rings. The van der Waals surface area contributed by atoms with Crippen LogP contribution in [-0.2, 0) is 32.2 Å². The lowest BCUT2D eigenvalue weighted by Crippen LogP contribution is -2.20. The third-order valence-corrected chi connectivity index (χ3v) is 10.5. The van der Waals surface area contributed by atoms with Crippen LogP contribution in [0.15, 0.2) is 127 Å². The first-order chi connectivity index (χ1) is 26.9. The molecular weight excluding hydrogens is 701 g/mol. The molecule has 6 rings (SSSR count). The van der Waals surface area contributed by atoms with Crippen LogP contribution in [0.2, 0.25) is 0 Å². The summed E-state index contributed by atoms with van der Waals surface area (Å²) in [5.74, 6) is 0.833. The fourth-order valence-corrected chi connectivity index (χ4v) is 6.83. The predicted octanol–water partition coefficient (Wildman–Crippen LogP) is 12.5. The van der Waals surface area contributed by atoms with E-state index in [0.717, 1.165) is 67.5 Å². The molecule has 2 atom stereocenters. The first-order valence-electron chi connectivity index (χ1n) is 18.8. The average Bonchev–Trinajstić information content (AvgIpc) is 3.20. The number of rotatable bonds is 11. The van der Waals surface area contributed by atoms with Crippen LogP contribution in [0.5, 0.6) is 0 Å². The summed E-state index contributed by atoms with van der Waals surface area (Å²) in [5.41, 5.74) is 15.0. The number of hydrogen-bond acceptors (Lipinski definition) is 8. The second-order valence-corrected chi connectivity index (χ2v) is 14.4. The molecule has 0 saturated heterocycles. The van der Waals surface area contributed by atoms with Gasteiger partial charge >= 0.3 is 12.3 Å². The number of nitrogens with zero attached hydrogens (tertiary/aromatic N) is 2. The minimum absolute atomic E-state index is 0.132. The Morgan fingerprint density at radius 3 is 1.48 bits per heavy atom. The number of carbonyl (C=O) groups excluding carboxylic acids is 2. The molecule has 0 spiro atoms. The fourth-order valence-electron chi connectivity index (χ4n) is 6.83. The van der Waals surface area contributed by atoms with Crippen LogP contribution in [-0.4, -0.2) is 26.5 Å². The van der Waals surface area contributed by atoms with Gasteiger partial charge < -0.3 is 28.7 Å². The highest BCUT2D eigenvalue weighted by atomic mass is 16.7. The van der Waals surface area contributed by atoms with E-state index in [9.17, 15) is 9.59 Å². The van der Waals surface area contributed by atoms with Gasteiger partial charge in [-0.2, -0.15) is 0 Å². The molecule has 0 saturated carbocycles. The standard InChI is InChI=1S/C48H50N2O6/c1-31-9-17-43(27-33(31)3)49(41-19-11-37(12-20-41)29-55-47(51)53-7)45-23-15-39(25-35(45)5)40-16-24-46(36(6)26-40)50(44-18-10-32(2)34(4)28-44)42-21-13-38(14-22-42)30-56-48(52)54-8/h9-28,31,33H,29-30H2,1-8H3. The van der Waals surface area contributed by atoms with Crippen molar-refractivity contribution in [1.82, 2.24) is 0 Å². The molecule has 0 aliphatic heterocycles. The Kier molecular flexibility index (Phi) is 12.3. The van der Waals surface area contributed by atoms with Crippen molar-refractivity contribution in [3.05, 3.63) is 160 Å². The largest absolute Gasteiger partial charge is 0.508 e. The highest BCUT2D eigenvalue weighted by Crippen LogP contribution is 2.41. The van der Waals surface area contributed by atoms with E-state index in [1.807, 2.05) is 36.4 Å². The maximum atomic E-state index is 11.5. The maximum absolute atomic E-state index is 11.5. The number of benzene rings is 5. The van der Waals surface area contributed by atoms with Gasteiger partial charge in [0.25, 0.3) is 0 Å². The van der Waals surface area contributed by atoms with Crippen molar-refractivity contribution in [3.63, 3.8) is 0 Å². The van der Waals surface area contributed by atoms with E-state index in [4.69, 9.17) is 9.47 Å². The summed E-state index contributed by atoms with van der Waals surface area (Å²) in [5, 5.41) is 0. The third kappa shape index (κ3) is 8.98. The van der Waals surface area contributed by atoms with Gasteiger partial charge in [-0.25, -0.2) is 9.59 Å². The van der Waals surface area contributed by atoms with Gasteiger partial charge in [0.15, 0.2) is 0 Å². The van der Waals surface area contributed by atoms with Gasteiger partial charge in [0.05, 0.1) is 14.2 Å². The van der Waals surface area contributed by atoms with Crippen molar-refractivity contribution in [1.29, 1.82) is 0 Å². The molecule has 1 aliphatic carbocycles. The van der Waals surface area contributed by atoms with Crippen LogP contribution in [0.1, 0.15) is 47.2 Å². The number of aryl methyl sites for hydroxylation is 4. The average molecular weight is 751 g/mol. The summed E-state index contributed by atoms with van der Waals surface area (Å²) in [6, 6.07) is 35.9. The van der Waals surface area contributed by atoms with Crippen LogP contribution in [0.25, 0.3) is 11.1 Å². The van der Waals surface area contributed by atoms with Gasteiger partial charge in [-0.1, -0.05) is 68.5 Å². The van der Waals surface area contributed by atoms with E-state index in [-0.39, 0.29) is 13.2 Å². The smallest absolute Gasteiger partial charge is 0.438 e. The van der Waals surface area contributed by atoms with Crippen LogP contribution < -0.4 is 9.80 Å². The molecule has 0 radical (unpaired) electrons. The summed E-state index contributed by atoms with van der Waals surface area (Å²) in [7, 11) is 2.60. The van der Waals surface area contributed by atoms with Crippen LogP contribution in [0.4, 0.5) is 38.0 Å². The summed E-state index contributed by atoms with van der Waals surface area (Å²) in [4.78, 5) is 27.7. The summed E-state index contributed by atoms with van der Waals surface area (Å²) < 4.78 is 19.6. The summed E-state index contributed by atoms with van der Waals surface area (Å²) >= 11 is 0. The Balaban J connectivity index is 1.33. The monoisotopic (exact) mass is 750 g/mol. The maximum Gasteiger partial charge on any atom is 0.508 e. The molecule has 2 unspecified atom stereocenters. The molecule has 1 aliphatic rings. The minimum Gasteiger partial charge on any atom is -0.438 e. The zero-order valence-corrected chi connectivity index (χ0v) is 33.5. The van der Waals surface area contributed by atoms with E-state index in [0.29, 0.717) is 11.8 Å². The number of carbonyl (C=O) groups is 2. The quantitative estimate of drug-likeness (QED) is 0.124. The van der Waals surface area contributed by atoms with Crippen LogP contribution in [0.3, 0.4) is 0 Å². The molecule has 0 N–H and O–H groups in total. The van der Waals surface area contributed by atoms with Crippen LogP contribution >= 0.6 is 0 Å². The molecule has 56 heavy (non-hydrogen) atoms. The lowest BCUT2D eigenvalue weighted by Gasteiger charge is -2.31. The molecular formula is C48H50N2O6. The molecule has 0 heterocycles. The Labute approximate surface area is 330 Å². The van der Waals surface area contributed by atoms with Crippen LogP contribution in [0, 0.1) is 39.5 Å². The number of ether oxygens (including phenoxy) is 4. The molecule has 288 valence electrons. The van der Waals surface area contributed by atoms with Crippen molar-refractivity contribution in [2.75, 3.05) is 24.0 Å². The highest BCUT2D eigenvalue weighted by molar-refractivity contribution is 5.82. The van der Waals surface area contributed by atoms with E-state index < -0.39 is 12.3 Å². The van der Waals surface area contributed by atoms with E-state index in [2.05, 4.69) is 146 Å². The molecule has 8 nitrogen and oxygen atoms in total. The van der Waals surface area contributed by atoms with Crippen molar-refractivity contribution >= 4 is 40.7 Å². The molecule has 0 amide bonds. The Hall–Kier alpha value is -6.28. The van der Waals surface area contributed by atoms with E-state index >= 15 is 0 Å². The first-order valence-corrected chi connectivity index (χ1v) is 18.8. The summed E-state index contributed by atoms with van der Waals surface area (Å²) in [6.45, 7) is 13.3. The Bertz CT molecular complexity index is 2260. The van der Waals surface area contributed by atoms with E-state index in [1.54, 1.807) is 0 Å². The Morgan fingerprint density at radius 1 is 0.536 bits per heavy atom. The predicted molar refractivity (Wildman–Crippen MR) is 224 cm³/mol. The lowest BCUT2D eigenvalue weighted by molar-refractivity contribution is 0.0660.